The topological polar surface area (TPSA) is 299 Å². The Balaban J connectivity index is -0.000000103. The van der Waals surface area contributed by atoms with Crippen molar-refractivity contribution in [3.63, 3.8) is 0 Å². The van der Waals surface area contributed by atoms with Crippen LogP contribution in [-0.2, 0) is 4.79 Å². The van der Waals surface area contributed by atoms with Gasteiger partial charge in [0.15, 0.2) is 0 Å². The fourth-order valence-corrected chi connectivity index (χ4v) is 3.81. The predicted molar refractivity (Wildman–Crippen MR) is 86.9 cm³/mol. The summed E-state index contributed by atoms with van der Waals surface area (Å²) < 4.78 is 0. The standard InChI is InChI=1S/C10H16N2O3S.7H2O/c13-8(14)4-2-1-3-7-9-6(5-16-7)11-10(15)12-9;;;;;;;/h6-7,9H,1-5H2,(H,13,14)(H2,11,12,15);7*1H2/t6-,7-,9-;;;;;;;/m0......./s1. The Labute approximate surface area is 137 Å². The lowest BCUT2D eigenvalue weighted by Crippen LogP contribution is -2.36. The van der Waals surface area contributed by atoms with Gasteiger partial charge in [0.1, 0.15) is 0 Å². The van der Waals surface area contributed by atoms with Crippen LogP contribution in [0.25, 0.3) is 0 Å². The molecule has 0 aliphatic carbocycles. The Morgan fingerprint density at radius 1 is 1.04 bits per heavy atom. The third-order valence-corrected chi connectivity index (χ3v) is 4.58. The minimum atomic E-state index is -0.729. The smallest absolute Gasteiger partial charge is 0.315 e. The van der Waals surface area contributed by atoms with Crippen LogP contribution in [0.3, 0.4) is 0 Å². The van der Waals surface area contributed by atoms with E-state index >= 15 is 0 Å². The molecule has 0 bridgehead atoms. The number of nitrogens with one attached hydrogen (secondary N) is 2. The summed E-state index contributed by atoms with van der Waals surface area (Å²) in [4.78, 5) is 21.5. The summed E-state index contributed by atoms with van der Waals surface area (Å²) in [7, 11) is 0. The molecule has 0 saturated carbocycles. The highest BCUT2D eigenvalue weighted by Crippen LogP contribution is 2.33. The maximum Gasteiger partial charge on any atom is 0.315 e. The highest BCUT2D eigenvalue weighted by molar-refractivity contribution is 8.00. The second-order valence-corrected chi connectivity index (χ2v) is 5.53. The Kier molecular flexibility index (Phi) is 28.2. The molecule has 13 heteroatoms. The lowest BCUT2D eigenvalue weighted by molar-refractivity contribution is -0.137. The van der Waals surface area contributed by atoms with Crippen LogP contribution in [0.5, 0.6) is 0 Å². The molecule has 2 fully saturated rings. The van der Waals surface area contributed by atoms with Crippen molar-refractivity contribution in [3.05, 3.63) is 0 Å². The molecule has 0 aromatic heterocycles. The van der Waals surface area contributed by atoms with Crippen LogP contribution >= 0.6 is 11.8 Å². The molecular formula is C10H30N2O10S. The van der Waals surface area contributed by atoms with Crippen molar-refractivity contribution in [1.29, 1.82) is 0 Å². The van der Waals surface area contributed by atoms with Crippen molar-refractivity contribution in [2.24, 2.45) is 0 Å². The van der Waals surface area contributed by atoms with Gasteiger partial charge in [0, 0.05) is 17.4 Å². The average Bonchev–Trinajstić information content (AvgIpc) is 2.72. The summed E-state index contributed by atoms with van der Waals surface area (Å²) >= 11 is 1.87. The van der Waals surface area contributed by atoms with Gasteiger partial charge < -0.3 is 54.1 Å². The van der Waals surface area contributed by atoms with Gasteiger partial charge in [-0.25, -0.2) is 4.79 Å². The molecule has 146 valence electrons. The molecule has 0 aromatic rings. The maximum atomic E-state index is 11.1. The normalized spacial score (nSPS) is 22.3. The molecule has 2 rings (SSSR count). The van der Waals surface area contributed by atoms with Crippen molar-refractivity contribution < 1.29 is 53.0 Å². The van der Waals surface area contributed by atoms with Gasteiger partial charge in [-0.3, -0.25) is 4.79 Å². The molecule has 0 spiro atoms. The van der Waals surface area contributed by atoms with Crippen molar-refractivity contribution in [2.45, 2.75) is 43.0 Å². The van der Waals surface area contributed by atoms with Crippen LogP contribution in [0.2, 0.25) is 0 Å². The molecule has 0 radical (unpaired) electrons. The third kappa shape index (κ3) is 10.2. The molecule has 2 amide bonds. The molecule has 2 aliphatic rings. The number of carbonyl (C=O) groups is 2. The van der Waals surface area contributed by atoms with Crippen molar-refractivity contribution >= 4 is 23.8 Å². The number of rotatable bonds is 5. The molecule has 0 unspecified atom stereocenters. The number of hydrogen-bond acceptors (Lipinski definition) is 3. The quantitative estimate of drug-likeness (QED) is 0.316. The monoisotopic (exact) mass is 370 g/mol. The van der Waals surface area contributed by atoms with Crippen molar-refractivity contribution in [2.75, 3.05) is 5.75 Å². The number of carbonyl (C=O) groups excluding carboxylic acids is 1. The summed E-state index contributed by atoms with van der Waals surface area (Å²) in [6.45, 7) is 0. The fourth-order valence-electron chi connectivity index (χ4n) is 2.26. The lowest BCUT2D eigenvalue weighted by atomic mass is 10.0. The van der Waals surface area contributed by atoms with Gasteiger partial charge in [-0.05, 0) is 12.8 Å². The van der Waals surface area contributed by atoms with E-state index in [1.807, 2.05) is 11.8 Å². The zero-order chi connectivity index (χ0) is 11.5. The number of amides is 2. The Hall–Kier alpha value is -1.19. The third-order valence-electron chi connectivity index (χ3n) is 3.07. The van der Waals surface area contributed by atoms with Gasteiger partial charge in [0.05, 0.1) is 12.1 Å². The van der Waals surface area contributed by atoms with E-state index in [-0.39, 0.29) is 62.9 Å². The van der Waals surface area contributed by atoms with Gasteiger partial charge in [0.2, 0.25) is 0 Å². The Morgan fingerprint density at radius 3 is 2.13 bits per heavy atom. The first-order valence-corrected chi connectivity index (χ1v) is 6.62. The van der Waals surface area contributed by atoms with E-state index in [4.69, 9.17) is 5.11 Å². The fraction of sp³-hybridized carbons (Fsp3) is 0.800. The van der Waals surface area contributed by atoms with Gasteiger partial charge in [-0.2, -0.15) is 11.8 Å². The van der Waals surface area contributed by atoms with E-state index < -0.39 is 5.97 Å². The number of unbranched alkanes of at least 4 members (excludes halogenated alkanes) is 1. The van der Waals surface area contributed by atoms with Crippen LogP contribution in [0, 0.1) is 0 Å². The number of hydrogen-bond donors (Lipinski definition) is 3. The van der Waals surface area contributed by atoms with Crippen molar-refractivity contribution in [3.8, 4) is 0 Å². The van der Waals surface area contributed by atoms with Gasteiger partial charge >= 0.3 is 12.0 Å². The van der Waals surface area contributed by atoms with Crippen LogP contribution in [0.15, 0.2) is 0 Å². The second-order valence-electron chi connectivity index (χ2n) is 4.26. The first-order valence-electron chi connectivity index (χ1n) is 5.57. The average molecular weight is 370 g/mol. The number of carboxylic acid groups (broad SMARTS) is 1. The van der Waals surface area contributed by atoms with Crippen LogP contribution in [-0.4, -0.2) is 78.5 Å². The molecule has 12 nitrogen and oxygen atoms in total. The first kappa shape index (κ1) is 37.8. The lowest BCUT2D eigenvalue weighted by Gasteiger charge is -2.16. The summed E-state index contributed by atoms with van der Waals surface area (Å²) in [6.07, 6.45) is 2.88. The Morgan fingerprint density at radius 2 is 1.61 bits per heavy atom. The number of urea groups is 1. The van der Waals surface area contributed by atoms with Crippen LogP contribution in [0.4, 0.5) is 4.79 Å². The van der Waals surface area contributed by atoms with Gasteiger partial charge in [0.25, 0.3) is 0 Å². The molecule has 2 saturated heterocycles. The maximum absolute atomic E-state index is 11.1. The molecule has 3 atom stereocenters. The molecular weight excluding hydrogens is 340 g/mol. The van der Waals surface area contributed by atoms with Crippen molar-refractivity contribution in [1.82, 2.24) is 10.6 Å². The molecule has 2 aliphatic heterocycles. The predicted octanol–water partition coefficient (Wildman–Crippen LogP) is -4.98. The highest BCUT2D eigenvalue weighted by Gasteiger charge is 2.42. The van der Waals surface area contributed by atoms with E-state index in [1.54, 1.807) is 0 Å². The number of fused-ring (bicyclic) bond motifs is 1. The number of aliphatic carboxylic acids is 1. The molecule has 23 heavy (non-hydrogen) atoms. The minimum Gasteiger partial charge on any atom is -0.481 e. The summed E-state index contributed by atoms with van der Waals surface area (Å²) in [5.41, 5.74) is 0. The molecule has 2 heterocycles. The zero-order valence-electron chi connectivity index (χ0n) is 12.4. The van der Waals surface area contributed by atoms with Crippen LogP contribution in [0.1, 0.15) is 25.7 Å². The van der Waals surface area contributed by atoms with Gasteiger partial charge in [-0.15, -0.1) is 0 Å². The summed E-state index contributed by atoms with van der Waals surface area (Å²) in [6, 6.07) is 0.440. The second kappa shape index (κ2) is 17.2. The van der Waals surface area contributed by atoms with E-state index in [0.717, 1.165) is 25.0 Å². The minimum absolute atomic E-state index is 0. The van der Waals surface area contributed by atoms with E-state index in [0.29, 0.717) is 5.25 Å². The molecule has 17 N–H and O–H groups in total. The molecule has 0 aromatic carbocycles. The van der Waals surface area contributed by atoms with E-state index in [9.17, 15) is 9.59 Å². The zero-order valence-corrected chi connectivity index (χ0v) is 13.3. The number of thioether (sulfide) groups is 1. The van der Waals surface area contributed by atoms with Gasteiger partial charge in [-0.1, -0.05) is 6.42 Å². The largest absolute Gasteiger partial charge is 0.481 e. The summed E-state index contributed by atoms with van der Waals surface area (Å²) in [5.74, 6) is 0.236. The SMILES string of the molecule is O.O.O.O.O.O.O.O=C(O)CCCC[C@@H]1SC[C@@H]2NC(=O)N[C@@H]21. The Bertz CT molecular complexity index is 309. The van der Waals surface area contributed by atoms with E-state index in [2.05, 4.69) is 10.6 Å². The first-order chi connectivity index (χ1) is 7.66. The number of carboxylic acids is 1. The van der Waals surface area contributed by atoms with Crippen LogP contribution < -0.4 is 10.6 Å². The summed E-state index contributed by atoms with van der Waals surface area (Å²) in [5, 5.41) is 14.8. The highest BCUT2D eigenvalue weighted by atomic mass is 32.2. The van der Waals surface area contributed by atoms with E-state index in [1.165, 1.54) is 0 Å².